The van der Waals surface area contributed by atoms with Gasteiger partial charge in [0.2, 0.25) is 0 Å². The van der Waals surface area contributed by atoms with E-state index in [1.807, 2.05) is 67.7 Å². The number of rotatable bonds is 2. The highest BCUT2D eigenvalue weighted by Gasteiger charge is 2.23. The van der Waals surface area contributed by atoms with Crippen molar-refractivity contribution in [1.29, 1.82) is 0 Å². The average molecular weight is 414 g/mol. The standard InChI is InChI=1S/C17H17ClN2.C9H7N/c1-12(19)17-10-13-6-5-9-16(18)15(13)11-20(17)14-7-3-2-4-8-14;1-2-6-9-8(4-1)5-3-7-10-9/h2-10,12H,11,19H2,1H3;1-7H. The molecule has 2 heterocycles. The van der Waals surface area contributed by atoms with Crippen LogP contribution in [0.3, 0.4) is 0 Å². The second-order valence-electron chi connectivity index (χ2n) is 7.28. The van der Waals surface area contributed by atoms with Crippen LogP contribution in [0.15, 0.2) is 96.8 Å². The fraction of sp³-hybridized carbons (Fsp3) is 0.115. The summed E-state index contributed by atoms with van der Waals surface area (Å²) in [7, 11) is 0. The van der Waals surface area contributed by atoms with Gasteiger partial charge in [0.1, 0.15) is 0 Å². The van der Waals surface area contributed by atoms with Gasteiger partial charge in [-0.1, -0.05) is 66.2 Å². The third-order valence-corrected chi connectivity index (χ3v) is 5.49. The second-order valence-corrected chi connectivity index (χ2v) is 7.69. The van der Waals surface area contributed by atoms with Crippen LogP contribution in [0.25, 0.3) is 17.0 Å². The number of nitrogens with two attached hydrogens (primary N) is 1. The Morgan fingerprint density at radius 1 is 0.900 bits per heavy atom. The Balaban J connectivity index is 0.000000181. The van der Waals surface area contributed by atoms with Crippen molar-refractivity contribution in [3.05, 3.63) is 113 Å². The van der Waals surface area contributed by atoms with E-state index in [0.29, 0.717) is 0 Å². The van der Waals surface area contributed by atoms with Crippen molar-refractivity contribution in [2.24, 2.45) is 5.73 Å². The van der Waals surface area contributed by atoms with Gasteiger partial charge in [-0.05, 0) is 54.5 Å². The molecule has 0 saturated carbocycles. The highest BCUT2D eigenvalue weighted by atomic mass is 35.5. The number of aromatic nitrogens is 1. The smallest absolute Gasteiger partial charge is 0.0701 e. The minimum Gasteiger partial charge on any atom is -0.339 e. The Morgan fingerprint density at radius 2 is 1.63 bits per heavy atom. The molecule has 5 rings (SSSR count). The molecule has 0 radical (unpaired) electrons. The van der Waals surface area contributed by atoms with Gasteiger partial charge < -0.3 is 10.6 Å². The van der Waals surface area contributed by atoms with Gasteiger partial charge in [-0.15, -0.1) is 0 Å². The first-order chi connectivity index (χ1) is 14.6. The van der Waals surface area contributed by atoms with Crippen LogP contribution in [0, 0.1) is 0 Å². The molecule has 150 valence electrons. The summed E-state index contributed by atoms with van der Waals surface area (Å²) < 4.78 is 0. The number of para-hydroxylation sites is 2. The predicted molar refractivity (Wildman–Crippen MR) is 127 cm³/mol. The zero-order chi connectivity index (χ0) is 20.9. The molecule has 4 heteroatoms. The Bertz CT molecular complexity index is 1100. The lowest BCUT2D eigenvalue weighted by atomic mass is 9.98. The van der Waals surface area contributed by atoms with Gasteiger partial charge >= 0.3 is 0 Å². The van der Waals surface area contributed by atoms with E-state index in [9.17, 15) is 0 Å². The third kappa shape index (κ3) is 4.38. The molecule has 0 fully saturated rings. The molecule has 1 aliphatic heterocycles. The minimum absolute atomic E-state index is 0.0256. The zero-order valence-corrected chi connectivity index (χ0v) is 17.6. The Morgan fingerprint density at radius 3 is 2.40 bits per heavy atom. The van der Waals surface area contributed by atoms with E-state index in [-0.39, 0.29) is 6.04 Å². The van der Waals surface area contributed by atoms with Crippen LogP contribution in [0.5, 0.6) is 0 Å². The first-order valence-electron chi connectivity index (χ1n) is 10.0. The van der Waals surface area contributed by atoms with Gasteiger partial charge in [-0.2, -0.15) is 0 Å². The molecule has 3 aromatic carbocycles. The van der Waals surface area contributed by atoms with E-state index < -0.39 is 0 Å². The summed E-state index contributed by atoms with van der Waals surface area (Å²) in [6.07, 6.45) is 3.95. The van der Waals surface area contributed by atoms with Crippen LogP contribution < -0.4 is 10.6 Å². The first kappa shape index (κ1) is 20.1. The molecule has 1 unspecified atom stereocenters. The van der Waals surface area contributed by atoms with Gasteiger partial charge in [-0.3, -0.25) is 4.98 Å². The van der Waals surface area contributed by atoms with Crippen LogP contribution in [0.2, 0.25) is 5.02 Å². The molecule has 0 bridgehead atoms. The summed E-state index contributed by atoms with van der Waals surface area (Å²) in [5, 5.41) is 2.01. The number of nitrogens with zero attached hydrogens (tertiary/aromatic N) is 2. The normalized spacial score (nSPS) is 13.7. The van der Waals surface area contributed by atoms with Crippen LogP contribution in [-0.4, -0.2) is 11.0 Å². The number of halogens is 1. The predicted octanol–water partition coefficient (Wildman–Crippen LogP) is 6.28. The van der Waals surface area contributed by atoms with E-state index in [0.717, 1.165) is 39.6 Å². The largest absolute Gasteiger partial charge is 0.339 e. The monoisotopic (exact) mass is 413 g/mol. The summed E-state index contributed by atoms with van der Waals surface area (Å²) in [5.41, 5.74) is 11.8. The third-order valence-electron chi connectivity index (χ3n) is 5.13. The van der Waals surface area contributed by atoms with Gasteiger partial charge in [0.25, 0.3) is 0 Å². The van der Waals surface area contributed by atoms with Gasteiger partial charge in [-0.25, -0.2) is 0 Å². The lowest BCUT2D eigenvalue weighted by Gasteiger charge is -2.34. The molecule has 1 aliphatic rings. The fourth-order valence-electron chi connectivity index (χ4n) is 3.61. The summed E-state index contributed by atoms with van der Waals surface area (Å²) in [4.78, 5) is 6.42. The molecule has 0 aliphatic carbocycles. The highest BCUT2D eigenvalue weighted by Crippen LogP contribution is 2.33. The van der Waals surface area contributed by atoms with Crippen LogP contribution in [-0.2, 0) is 6.54 Å². The van der Waals surface area contributed by atoms with Crippen molar-refractivity contribution >= 4 is 34.3 Å². The van der Waals surface area contributed by atoms with E-state index >= 15 is 0 Å². The molecule has 0 spiro atoms. The quantitative estimate of drug-likeness (QED) is 0.420. The van der Waals surface area contributed by atoms with E-state index in [1.54, 1.807) is 0 Å². The molecule has 4 aromatic rings. The van der Waals surface area contributed by atoms with E-state index in [2.05, 4.69) is 46.3 Å². The Kier molecular flexibility index (Phi) is 6.12. The topological polar surface area (TPSA) is 42.1 Å². The van der Waals surface area contributed by atoms with Crippen LogP contribution >= 0.6 is 11.6 Å². The van der Waals surface area contributed by atoms with Crippen LogP contribution in [0.4, 0.5) is 5.69 Å². The van der Waals surface area contributed by atoms with Crippen molar-refractivity contribution in [3.8, 4) is 0 Å². The molecule has 1 aromatic heterocycles. The molecular formula is C26H24ClN3. The van der Waals surface area contributed by atoms with Crippen molar-refractivity contribution in [3.63, 3.8) is 0 Å². The van der Waals surface area contributed by atoms with E-state index in [4.69, 9.17) is 17.3 Å². The van der Waals surface area contributed by atoms with Gasteiger partial charge in [0.15, 0.2) is 0 Å². The van der Waals surface area contributed by atoms with Crippen molar-refractivity contribution in [2.75, 3.05) is 4.90 Å². The molecule has 3 nitrogen and oxygen atoms in total. The summed E-state index contributed by atoms with van der Waals surface area (Å²) >= 11 is 6.34. The van der Waals surface area contributed by atoms with Crippen molar-refractivity contribution in [1.82, 2.24) is 4.98 Å². The summed E-state index contributed by atoms with van der Waals surface area (Å²) in [5.74, 6) is 0. The van der Waals surface area contributed by atoms with Gasteiger partial charge in [0.05, 0.1) is 5.52 Å². The number of hydrogen-bond donors (Lipinski definition) is 1. The molecular weight excluding hydrogens is 390 g/mol. The lowest BCUT2D eigenvalue weighted by Crippen LogP contribution is -2.35. The SMILES string of the molecule is CC(N)C1=Cc2cccc(Cl)c2CN1c1ccccc1.c1ccc2ncccc2c1. The number of fused-ring (bicyclic) bond motifs is 2. The lowest BCUT2D eigenvalue weighted by molar-refractivity contribution is 0.768. The number of benzene rings is 3. The second kappa shape index (κ2) is 9.12. The molecule has 1 atom stereocenters. The molecule has 0 amide bonds. The number of hydrogen-bond acceptors (Lipinski definition) is 3. The Hall–Kier alpha value is -3.14. The van der Waals surface area contributed by atoms with Crippen molar-refractivity contribution in [2.45, 2.75) is 19.5 Å². The summed E-state index contributed by atoms with van der Waals surface area (Å²) in [6.45, 7) is 2.77. The maximum Gasteiger partial charge on any atom is 0.0701 e. The maximum atomic E-state index is 6.34. The molecule has 30 heavy (non-hydrogen) atoms. The first-order valence-corrected chi connectivity index (χ1v) is 10.4. The molecule has 0 saturated heterocycles. The number of pyridine rings is 1. The van der Waals surface area contributed by atoms with Crippen molar-refractivity contribution < 1.29 is 0 Å². The number of anilines is 1. The van der Waals surface area contributed by atoms with E-state index in [1.165, 1.54) is 5.39 Å². The maximum absolute atomic E-state index is 6.34. The highest BCUT2D eigenvalue weighted by molar-refractivity contribution is 6.31. The van der Waals surface area contributed by atoms with Crippen LogP contribution in [0.1, 0.15) is 18.1 Å². The average Bonchev–Trinajstić information content (AvgIpc) is 2.80. The molecule has 2 N–H and O–H groups in total. The Labute approximate surface area is 182 Å². The zero-order valence-electron chi connectivity index (χ0n) is 16.9. The van der Waals surface area contributed by atoms with Gasteiger partial charge in [0, 0.05) is 40.6 Å². The summed E-state index contributed by atoms with van der Waals surface area (Å²) in [6, 6.07) is 28.4. The minimum atomic E-state index is -0.0256. The fourth-order valence-corrected chi connectivity index (χ4v) is 3.85.